The van der Waals surface area contributed by atoms with Gasteiger partial charge in [-0.05, 0) is 68.5 Å². The third-order valence-corrected chi connectivity index (χ3v) is 7.05. The third kappa shape index (κ3) is 5.28. The van der Waals surface area contributed by atoms with Crippen LogP contribution in [0.5, 0.6) is 5.75 Å². The molecule has 3 aromatic rings. The van der Waals surface area contributed by atoms with E-state index in [1.54, 1.807) is 28.4 Å². The fourth-order valence-corrected chi connectivity index (χ4v) is 5.08. The fourth-order valence-electron chi connectivity index (χ4n) is 4.16. The molecule has 0 saturated heterocycles. The van der Waals surface area contributed by atoms with Gasteiger partial charge < -0.3 is 14.5 Å². The Hall–Kier alpha value is -3.12. The van der Waals surface area contributed by atoms with E-state index in [2.05, 4.69) is 11.4 Å². The van der Waals surface area contributed by atoms with Gasteiger partial charge in [0.25, 0.3) is 5.91 Å². The molecule has 0 spiro atoms. The van der Waals surface area contributed by atoms with Crippen LogP contribution in [0, 0.1) is 6.92 Å². The van der Waals surface area contributed by atoms with E-state index in [0.717, 1.165) is 17.7 Å². The number of ether oxygens (including phenoxy) is 1. The molecule has 1 aliphatic rings. The Morgan fingerprint density at radius 3 is 2.52 bits per heavy atom. The highest BCUT2D eigenvalue weighted by molar-refractivity contribution is 7.10. The second kappa shape index (κ2) is 10.2. The lowest BCUT2D eigenvalue weighted by Crippen LogP contribution is -2.49. The largest absolute Gasteiger partial charge is 0.491 e. The molecule has 1 aromatic heterocycles. The molecule has 2 amide bonds. The van der Waals surface area contributed by atoms with Crippen LogP contribution in [0.2, 0.25) is 0 Å². The molecule has 0 N–H and O–H groups in total. The molecular formula is C27H30N2O3S. The lowest BCUT2D eigenvalue weighted by atomic mass is 10.00. The number of nitrogens with zero attached hydrogens (tertiary/aromatic N) is 2. The van der Waals surface area contributed by atoms with Crippen molar-refractivity contribution in [1.29, 1.82) is 0 Å². The van der Waals surface area contributed by atoms with Crippen molar-refractivity contribution in [3.63, 3.8) is 0 Å². The van der Waals surface area contributed by atoms with Gasteiger partial charge in [-0.3, -0.25) is 9.59 Å². The maximum absolute atomic E-state index is 13.5. The van der Waals surface area contributed by atoms with Crippen molar-refractivity contribution in [3.8, 4) is 5.75 Å². The summed E-state index contributed by atoms with van der Waals surface area (Å²) in [6.07, 6.45) is 0.827. The predicted octanol–water partition coefficient (Wildman–Crippen LogP) is 5.11. The number of rotatable bonds is 7. The van der Waals surface area contributed by atoms with Gasteiger partial charge in [-0.15, -0.1) is 11.3 Å². The Kier molecular flexibility index (Phi) is 7.14. The number of benzene rings is 2. The van der Waals surface area contributed by atoms with E-state index in [1.807, 2.05) is 68.1 Å². The quantitative estimate of drug-likeness (QED) is 0.490. The predicted molar refractivity (Wildman–Crippen MR) is 132 cm³/mol. The first kappa shape index (κ1) is 23.1. The first-order chi connectivity index (χ1) is 15.9. The molecule has 1 atom stereocenters. The van der Waals surface area contributed by atoms with Crippen LogP contribution in [0.25, 0.3) is 0 Å². The summed E-state index contributed by atoms with van der Waals surface area (Å²) in [6, 6.07) is 18.9. The van der Waals surface area contributed by atoms with Crippen LogP contribution in [0.3, 0.4) is 0 Å². The summed E-state index contributed by atoms with van der Waals surface area (Å²) < 4.78 is 6.11. The summed E-state index contributed by atoms with van der Waals surface area (Å²) in [7, 11) is 0. The molecule has 0 bridgehead atoms. The number of aryl methyl sites for hydroxylation is 1. The van der Waals surface area contributed by atoms with Crippen molar-refractivity contribution in [1.82, 2.24) is 9.80 Å². The SMILES string of the molecule is Cc1ccc(OCC2c3ccsc3CCN2C(=O)CN(C(=O)c2ccccc2)C(C)C)cc1. The molecule has 1 aliphatic heterocycles. The van der Waals surface area contributed by atoms with E-state index in [9.17, 15) is 9.59 Å². The molecule has 2 heterocycles. The van der Waals surface area contributed by atoms with Gasteiger partial charge in [-0.2, -0.15) is 0 Å². The monoisotopic (exact) mass is 462 g/mol. The van der Waals surface area contributed by atoms with E-state index in [1.165, 1.54) is 10.4 Å². The minimum Gasteiger partial charge on any atom is -0.491 e. The van der Waals surface area contributed by atoms with Crippen LogP contribution in [0.15, 0.2) is 66.0 Å². The number of thiophene rings is 1. The zero-order chi connectivity index (χ0) is 23.4. The molecule has 0 fully saturated rings. The average molecular weight is 463 g/mol. The van der Waals surface area contributed by atoms with E-state index >= 15 is 0 Å². The molecule has 6 heteroatoms. The summed E-state index contributed by atoms with van der Waals surface area (Å²) in [5.41, 5.74) is 2.92. The van der Waals surface area contributed by atoms with Gasteiger partial charge >= 0.3 is 0 Å². The molecule has 33 heavy (non-hydrogen) atoms. The smallest absolute Gasteiger partial charge is 0.254 e. The summed E-state index contributed by atoms with van der Waals surface area (Å²) in [5, 5.41) is 2.08. The molecule has 1 unspecified atom stereocenters. The van der Waals surface area contributed by atoms with Crippen LogP contribution in [0.4, 0.5) is 0 Å². The molecular weight excluding hydrogens is 432 g/mol. The van der Waals surface area contributed by atoms with E-state index in [4.69, 9.17) is 4.74 Å². The topological polar surface area (TPSA) is 49.9 Å². The van der Waals surface area contributed by atoms with Gasteiger partial charge in [0.2, 0.25) is 5.91 Å². The summed E-state index contributed by atoms with van der Waals surface area (Å²) >= 11 is 1.73. The summed E-state index contributed by atoms with van der Waals surface area (Å²) in [5.74, 6) is 0.611. The summed E-state index contributed by atoms with van der Waals surface area (Å²) in [4.78, 5) is 31.5. The van der Waals surface area contributed by atoms with Crippen LogP contribution < -0.4 is 4.74 Å². The standard InChI is InChI=1S/C27H30N2O3S/c1-19(2)29(27(31)21-7-5-4-6-8-21)17-26(30)28-15-13-25-23(14-16-33-25)24(28)18-32-22-11-9-20(3)10-12-22/h4-12,14,16,19,24H,13,15,17-18H2,1-3H3. The number of amides is 2. The van der Waals surface area contributed by atoms with Gasteiger partial charge in [0, 0.05) is 23.0 Å². The van der Waals surface area contributed by atoms with Gasteiger partial charge in [0.05, 0.1) is 6.04 Å². The number of carbonyl (C=O) groups excluding carboxylic acids is 2. The van der Waals surface area contributed by atoms with Gasteiger partial charge in [-0.1, -0.05) is 35.9 Å². The highest BCUT2D eigenvalue weighted by Gasteiger charge is 2.34. The highest BCUT2D eigenvalue weighted by Crippen LogP contribution is 2.34. The molecule has 0 radical (unpaired) electrons. The van der Waals surface area contributed by atoms with Crippen molar-refractivity contribution in [2.75, 3.05) is 19.7 Å². The first-order valence-electron chi connectivity index (χ1n) is 11.3. The fraction of sp³-hybridized carbons (Fsp3) is 0.333. The van der Waals surface area contributed by atoms with E-state index in [0.29, 0.717) is 18.7 Å². The lowest BCUT2D eigenvalue weighted by Gasteiger charge is -2.37. The molecule has 0 aliphatic carbocycles. The molecule has 2 aromatic carbocycles. The van der Waals surface area contributed by atoms with Crippen molar-refractivity contribution < 1.29 is 14.3 Å². The first-order valence-corrected chi connectivity index (χ1v) is 12.2. The van der Waals surface area contributed by atoms with Gasteiger partial charge in [0.1, 0.15) is 18.9 Å². The molecule has 172 valence electrons. The second-order valence-corrected chi connectivity index (χ2v) is 9.67. The second-order valence-electron chi connectivity index (χ2n) is 8.67. The molecule has 0 saturated carbocycles. The maximum atomic E-state index is 13.5. The minimum absolute atomic E-state index is 0.0475. The van der Waals surface area contributed by atoms with Gasteiger partial charge in [-0.25, -0.2) is 0 Å². The average Bonchev–Trinajstić information content (AvgIpc) is 3.31. The minimum atomic E-state index is -0.172. The Morgan fingerprint density at radius 2 is 1.82 bits per heavy atom. The van der Waals surface area contributed by atoms with Crippen LogP contribution in [-0.2, 0) is 11.2 Å². The van der Waals surface area contributed by atoms with Crippen molar-refractivity contribution in [2.45, 2.75) is 39.3 Å². The van der Waals surface area contributed by atoms with E-state index < -0.39 is 0 Å². The van der Waals surface area contributed by atoms with E-state index in [-0.39, 0.29) is 30.4 Å². The Bertz CT molecular complexity index is 1090. The normalized spacial score (nSPS) is 15.3. The van der Waals surface area contributed by atoms with Crippen molar-refractivity contribution in [2.24, 2.45) is 0 Å². The Morgan fingerprint density at radius 1 is 1.09 bits per heavy atom. The highest BCUT2D eigenvalue weighted by atomic mass is 32.1. The van der Waals surface area contributed by atoms with Crippen LogP contribution in [-0.4, -0.2) is 47.4 Å². The van der Waals surface area contributed by atoms with Crippen LogP contribution >= 0.6 is 11.3 Å². The number of carbonyl (C=O) groups is 2. The summed E-state index contributed by atoms with van der Waals surface area (Å²) in [6.45, 7) is 6.98. The van der Waals surface area contributed by atoms with Crippen molar-refractivity contribution >= 4 is 23.2 Å². The zero-order valence-electron chi connectivity index (χ0n) is 19.4. The van der Waals surface area contributed by atoms with Crippen LogP contribution in [0.1, 0.15) is 46.3 Å². The molecule has 4 rings (SSSR count). The van der Waals surface area contributed by atoms with Gasteiger partial charge in [0.15, 0.2) is 0 Å². The maximum Gasteiger partial charge on any atom is 0.254 e. The lowest BCUT2D eigenvalue weighted by molar-refractivity contribution is -0.136. The third-order valence-electron chi connectivity index (χ3n) is 6.05. The number of hydrogen-bond donors (Lipinski definition) is 0. The zero-order valence-corrected chi connectivity index (χ0v) is 20.2. The number of hydrogen-bond acceptors (Lipinski definition) is 4. The van der Waals surface area contributed by atoms with Crippen molar-refractivity contribution in [3.05, 3.63) is 87.6 Å². The Balaban J connectivity index is 1.52. The number of fused-ring (bicyclic) bond motifs is 1. The molecule has 5 nitrogen and oxygen atoms in total. The Labute approximate surface area is 199 Å².